The van der Waals surface area contributed by atoms with Gasteiger partial charge in [-0.2, -0.15) is 0 Å². The van der Waals surface area contributed by atoms with Crippen molar-refractivity contribution >= 4 is 5.97 Å². The van der Waals surface area contributed by atoms with Crippen molar-refractivity contribution < 1.29 is 15.0 Å². The number of aliphatic carboxylic acids is 1. The summed E-state index contributed by atoms with van der Waals surface area (Å²) in [5.41, 5.74) is 0.103. The number of hydrogen-bond donors (Lipinski definition) is 2. The Bertz CT molecular complexity index is 161. The van der Waals surface area contributed by atoms with Crippen LogP contribution in [-0.2, 0) is 4.79 Å². The number of carbonyl (C=O) groups is 1. The highest BCUT2D eigenvalue weighted by Crippen LogP contribution is 2.03. The Morgan fingerprint density at radius 2 is 2.08 bits per heavy atom. The summed E-state index contributed by atoms with van der Waals surface area (Å²) in [6.07, 6.45) is 5.56. The Morgan fingerprint density at radius 1 is 1.42 bits per heavy atom. The Hall–Kier alpha value is -0.830. The maximum absolute atomic E-state index is 10.4. The fourth-order valence-electron chi connectivity index (χ4n) is 0.890. The molecule has 0 fully saturated rings. The second-order valence-electron chi connectivity index (χ2n) is 2.69. The van der Waals surface area contributed by atoms with Crippen LogP contribution in [0, 0.1) is 0 Å². The molecule has 0 atom stereocenters. The zero-order chi connectivity index (χ0) is 9.40. The molecule has 0 aromatic rings. The number of allylic oxidation sites excluding steroid dienone is 1. The average Bonchev–Trinajstić information content (AvgIpc) is 2.04. The van der Waals surface area contributed by atoms with Gasteiger partial charge in [0.1, 0.15) is 0 Å². The monoisotopic (exact) mass is 172 g/mol. The fourth-order valence-corrected chi connectivity index (χ4v) is 0.890. The highest BCUT2D eigenvalue weighted by atomic mass is 16.4. The SMILES string of the molecule is CCCCCC=C(CO)C(=O)O. The highest BCUT2D eigenvalue weighted by molar-refractivity contribution is 5.86. The summed E-state index contributed by atoms with van der Waals surface area (Å²) >= 11 is 0. The molecule has 0 aliphatic rings. The summed E-state index contributed by atoms with van der Waals surface area (Å²) in [5, 5.41) is 17.1. The van der Waals surface area contributed by atoms with Crippen LogP contribution in [0.1, 0.15) is 32.6 Å². The quantitative estimate of drug-likeness (QED) is 0.472. The normalized spacial score (nSPS) is 11.7. The topological polar surface area (TPSA) is 57.5 Å². The molecule has 0 bridgehead atoms. The van der Waals surface area contributed by atoms with E-state index < -0.39 is 5.97 Å². The van der Waals surface area contributed by atoms with E-state index in [0.29, 0.717) is 0 Å². The maximum Gasteiger partial charge on any atom is 0.333 e. The maximum atomic E-state index is 10.4. The minimum absolute atomic E-state index is 0.103. The molecular weight excluding hydrogens is 156 g/mol. The van der Waals surface area contributed by atoms with Gasteiger partial charge in [0.2, 0.25) is 0 Å². The Morgan fingerprint density at radius 3 is 2.50 bits per heavy atom. The van der Waals surface area contributed by atoms with Gasteiger partial charge in [0.05, 0.1) is 12.2 Å². The summed E-state index contributed by atoms with van der Waals surface area (Å²) in [6, 6.07) is 0. The minimum atomic E-state index is -1.02. The summed E-state index contributed by atoms with van der Waals surface area (Å²) in [7, 11) is 0. The molecule has 0 saturated carbocycles. The van der Waals surface area contributed by atoms with E-state index in [2.05, 4.69) is 6.92 Å². The number of aliphatic hydroxyl groups is 1. The number of aliphatic hydroxyl groups excluding tert-OH is 1. The molecule has 0 saturated heterocycles. The summed E-state index contributed by atoms with van der Waals surface area (Å²) < 4.78 is 0. The number of rotatable bonds is 6. The van der Waals surface area contributed by atoms with E-state index in [4.69, 9.17) is 10.2 Å². The van der Waals surface area contributed by atoms with Crippen molar-refractivity contribution in [2.45, 2.75) is 32.6 Å². The first kappa shape index (κ1) is 11.2. The van der Waals surface area contributed by atoms with Crippen molar-refractivity contribution in [3.63, 3.8) is 0 Å². The predicted molar refractivity (Wildman–Crippen MR) is 46.9 cm³/mol. The largest absolute Gasteiger partial charge is 0.478 e. The van der Waals surface area contributed by atoms with E-state index in [-0.39, 0.29) is 12.2 Å². The van der Waals surface area contributed by atoms with Gasteiger partial charge in [0.15, 0.2) is 0 Å². The molecule has 0 radical (unpaired) electrons. The Balaban J connectivity index is 3.71. The lowest BCUT2D eigenvalue weighted by molar-refractivity contribution is -0.133. The zero-order valence-electron chi connectivity index (χ0n) is 7.42. The molecule has 0 aromatic carbocycles. The van der Waals surface area contributed by atoms with Crippen molar-refractivity contribution in [1.82, 2.24) is 0 Å². The first-order valence-corrected chi connectivity index (χ1v) is 4.25. The molecule has 3 heteroatoms. The van der Waals surface area contributed by atoms with Crippen LogP contribution in [0.4, 0.5) is 0 Å². The fraction of sp³-hybridized carbons (Fsp3) is 0.667. The summed E-state index contributed by atoms with van der Waals surface area (Å²) in [4.78, 5) is 10.4. The van der Waals surface area contributed by atoms with Gasteiger partial charge in [0.25, 0.3) is 0 Å². The standard InChI is InChI=1S/C9H16O3/c1-2-3-4-5-6-8(7-10)9(11)12/h6,10H,2-5,7H2,1H3,(H,11,12). The third kappa shape index (κ3) is 4.91. The van der Waals surface area contributed by atoms with Crippen LogP contribution >= 0.6 is 0 Å². The Kier molecular flexibility index (Phi) is 6.38. The molecule has 0 rings (SSSR count). The van der Waals surface area contributed by atoms with E-state index in [9.17, 15) is 4.79 Å². The number of unbranched alkanes of at least 4 members (excludes halogenated alkanes) is 3. The molecule has 0 aliphatic carbocycles. The van der Waals surface area contributed by atoms with Crippen molar-refractivity contribution in [3.8, 4) is 0 Å². The molecule has 0 amide bonds. The molecule has 0 aliphatic heterocycles. The molecule has 2 N–H and O–H groups in total. The number of carboxylic acids is 1. The van der Waals surface area contributed by atoms with Crippen molar-refractivity contribution in [1.29, 1.82) is 0 Å². The average molecular weight is 172 g/mol. The highest BCUT2D eigenvalue weighted by Gasteiger charge is 2.03. The molecule has 3 nitrogen and oxygen atoms in total. The van der Waals surface area contributed by atoms with Gasteiger partial charge in [-0.25, -0.2) is 4.79 Å². The van der Waals surface area contributed by atoms with E-state index >= 15 is 0 Å². The van der Waals surface area contributed by atoms with Crippen molar-refractivity contribution in [2.24, 2.45) is 0 Å². The zero-order valence-corrected chi connectivity index (χ0v) is 7.42. The smallest absolute Gasteiger partial charge is 0.333 e. The van der Waals surface area contributed by atoms with Gasteiger partial charge in [-0.1, -0.05) is 25.8 Å². The lowest BCUT2D eigenvalue weighted by atomic mass is 10.1. The molecule has 0 spiro atoms. The van der Waals surface area contributed by atoms with Gasteiger partial charge >= 0.3 is 5.97 Å². The van der Waals surface area contributed by atoms with Crippen LogP contribution < -0.4 is 0 Å². The van der Waals surface area contributed by atoms with Gasteiger partial charge in [-0.05, 0) is 12.8 Å². The Labute approximate surface area is 72.7 Å². The van der Waals surface area contributed by atoms with Crippen LogP contribution in [0.15, 0.2) is 11.6 Å². The first-order chi connectivity index (χ1) is 5.72. The lowest BCUT2D eigenvalue weighted by Crippen LogP contribution is -2.04. The van der Waals surface area contributed by atoms with Gasteiger partial charge in [0, 0.05) is 0 Å². The van der Waals surface area contributed by atoms with Gasteiger partial charge < -0.3 is 10.2 Å². The van der Waals surface area contributed by atoms with Gasteiger partial charge in [-0.3, -0.25) is 0 Å². The second-order valence-corrected chi connectivity index (χ2v) is 2.69. The van der Waals surface area contributed by atoms with Crippen molar-refractivity contribution in [3.05, 3.63) is 11.6 Å². The van der Waals surface area contributed by atoms with Crippen LogP contribution in [0.25, 0.3) is 0 Å². The van der Waals surface area contributed by atoms with Crippen LogP contribution in [0.3, 0.4) is 0 Å². The molecule has 12 heavy (non-hydrogen) atoms. The number of carboxylic acid groups (broad SMARTS) is 1. The summed E-state index contributed by atoms with van der Waals surface area (Å²) in [6.45, 7) is 1.72. The molecule has 0 aromatic heterocycles. The molecule has 70 valence electrons. The van der Waals surface area contributed by atoms with E-state index in [1.54, 1.807) is 6.08 Å². The van der Waals surface area contributed by atoms with Crippen LogP contribution in [-0.4, -0.2) is 22.8 Å². The molecule has 0 unspecified atom stereocenters. The van der Waals surface area contributed by atoms with Gasteiger partial charge in [-0.15, -0.1) is 0 Å². The predicted octanol–water partition coefficient (Wildman–Crippen LogP) is 1.57. The van der Waals surface area contributed by atoms with E-state index in [1.165, 1.54) is 0 Å². The van der Waals surface area contributed by atoms with Crippen molar-refractivity contribution in [2.75, 3.05) is 6.61 Å². The van der Waals surface area contributed by atoms with Crippen LogP contribution in [0.5, 0.6) is 0 Å². The third-order valence-electron chi connectivity index (χ3n) is 1.64. The first-order valence-electron chi connectivity index (χ1n) is 4.25. The number of hydrogen-bond acceptors (Lipinski definition) is 2. The molecular formula is C9H16O3. The second kappa shape index (κ2) is 6.85. The van der Waals surface area contributed by atoms with Crippen LogP contribution in [0.2, 0.25) is 0 Å². The van der Waals surface area contributed by atoms with E-state index in [1.807, 2.05) is 0 Å². The lowest BCUT2D eigenvalue weighted by Gasteiger charge is -1.96. The minimum Gasteiger partial charge on any atom is -0.478 e. The summed E-state index contributed by atoms with van der Waals surface area (Å²) in [5.74, 6) is -1.02. The van der Waals surface area contributed by atoms with E-state index in [0.717, 1.165) is 25.7 Å². The third-order valence-corrected chi connectivity index (χ3v) is 1.64. The molecule has 0 heterocycles.